The van der Waals surface area contributed by atoms with Gasteiger partial charge in [-0.1, -0.05) is 29.8 Å². The lowest BCUT2D eigenvalue weighted by Gasteiger charge is -2.22. The Balaban J connectivity index is 1.64. The van der Waals surface area contributed by atoms with Gasteiger partial charge in [-0.2, -0.15) is 4.31 Å². The zero-order valence-corrected chi connectivity index (χ0v) is 19.5. The van der Waals surface area contributed by atoms with Gasteiger partial charge in [-0.3, -0.25) is 0 Å². The second-order valence-electron chi connectivity index (χ2n) is 8.00. The second-order valence-corrected chi connectivity index (χ2v) is 12.0. The van der Waals surface area contributed by atoms with Crippen LogP contribution < -0.4 is 0 Å². The average molecular weight is 451 g/mol. The highest BCUT2D eigenvalue weighted by molar-refractivity contribution is 7.91. The van der Waals surface area contributed by atoms with E-state index in [0.717, 1.165) is 16.7 Å². The van der Waals surface area contributed by atoms with E-state index in [-0.39, 0.29) is 5.75 Å². The highest BCUT2D eigenvalue weighted by Crippen LogP contribution is 2.20. The fourth-order valence-electron chi connectivity index (χ4n) is 3.67. The molecule has 0 amide bonds. The van der Waals surface area contributed by atoms with Crippen molar-refractivity contribution in [3.05, 3.63) is 59.2 Å². The molecule has 0 aromatic heterocycles. The van der Waals surface area contributed by atoms with Crippen molar-refractivity contribution in [2.75, 3.05) is 38.5 Å². The quantitative estimate of drug-likeness (QED) is 0.677. The van der Waals surface area contributed by atoms with Crippen LogP contribution in [0.5, 0.6) is 0 Å². The number of sulfonamides is 1. The van der Waals surface area contributed by atoms with E-state index in [9.17, 15) is 16.8 Å². The minimum Gasteiger partial charge on any atom is -0.301 e. The molecule has 1 aliphatic rings. The first-order chi connectivity index (χ1) is 14.1. The van der Waals surface area contributed by atoms with Gasteiger partial charge in [0.2, 0.25) is 10.0 Å². The van der Waals surface area contributed by atoms with Gasteiger partial charge in [-0.15, -0.1) is 0 Å². The Labute approximate surface area is 180 Å². The molecule has 1 heterocycles. The van der Waals surface area contributed by atoms with Gasteiger partial charge >= 0.3 is 0 Å². The van der Waals surface area contributed by atoms with Gasteiger partial charge in [0.25, 0.3) is 0 Å². The van der Waals surface area contributed by atoms with Gasteiger partial charge in [0.15, 0.2) is 9.84 Å². The van der Waals surface area contributed by atoms with Crippen LogP contribution in [0.1, 0.15) is 23.1 Å². The summed E-state index contributed by atoms with van der Waals surface area (Å²) in [6, 6.07) is 12.4. The smallest absolute Gasteiger partial charge is 0.243 e. The molecule has 1 saturated heterocycles. The maximum absolute atomic E-state index is 12.9. The summed E-state index contributed by atoms with van der Waals surface area (Å²) in [7, 11) is -6.92. The van der Waals surface area contributed by atoms with Crippen LogP contribution in [0.3, 0.4) is 0 Å². The molecule has 2 aromatic carbocycles. The first-order valence-corrected chi connectivity index (χ1v) is 13.3. The highest BCUT2D eigenvalue weighted by Gasteiger charge is 2.27. The third-order valence-electron chi connectivity index (χ3n) is 5.56. The molecule has 0 spiro atoms. The van der Waals surface area contributed by atoms with Gasteiger partial charge < -0.3 is 4.90 Å². The lowest BCUT2D eigenvalue weighted by molar-refractivity contribution is 0.302. The van der Waals surface area contributed by atoms with Gasteiger partial charge in [0.1, 0.15) is 0 Å². The van der Waals surface area contributed by atoms with Crippen molar-refractivity contribution >= 4 is 19.9 Å². The van der Waals surface area contributed by atoms with Crippen LogP contribution >= 0.6 is 0 Å². The van der Waals surface area contributed by atoms with E-state index in [1.54, 1.807) is 30.3 Å². The molecule has 0 bridgehead atoms. The fourth-order valence-corrected chi connectivity index (χ4v) is 6.78. The van der Waals surface area contributed by atoms with Crippen LogP contribution in [0.2, 0.25) is 0 Å². The molecule has 0 radical (unpaired) electrons. The van der Waals surface area contributed by atoms with E-state index in [2.05, 4.69) is 0 Å². The van der Waals surface area contributed by atoms with Crippen molar-refractivity contribution in [2.45, 2.75) is 37.0 Å². The van der Waals surface area contributed by atoms with Gasteiger partial charge in [-0.05, 0) is 63.1 Å². The molecule has 0 atom stereocenters. The largest absolute Gasteiger partial charge is 0.301 e. The molecule has 8 heteroatoms. The minimum absolute atomic E-state index is 0.0298. The Kier molecular flexibility index (Phi) is 7.02. The van der Waals surface area contributed by atoms with Crippen molar-refractivity contribution in [2.24, 2.45) is 0 Å². The van der Waals surface area contributed by atoms with Crippen molar-refractivity contribution < 1.29 is 16.8 Å². The Bertz CT molecular complexity index is 1090. The molecule has 30 heavy (non-hydrogen) atoms. The summed E-state index contributed by atoms with van der Waals surface area (Å²) in [4.78, 5) is 2.74. The van der Waals surface area contributed by atoms with Crippen LogP contribution in [0.4, 0.5) is 0 Å². The van der Waals surface area contributed by atoms with Crippen LogP contribution in [-0.4, -0.2) is 64.5 Å². The van der Waals surface area contributed by atoms with E-state index >= 15 is 0 Å². The standard InChI is InChI=1S/C22H30N2O4S2/c1-18-6-9-21(10-7-18)30(27,28)24-12-4-11-23(13-14-24)15-16-29(25,26)22-17-19(2)5-8-20(22)3/h5-10,17H,4,11-16H2,1-3H3. The molecule has 0 unspecified atom stereocenters. The number of nitrogens with zero attached hydrogens (tertiary/aromatic N) is 2. The molecule has 0 saturated carbocycles. The summed E-state index contributed by atoms with van der Waals surface area (Å²) in [6.45, 7) is 8.02. The maximum Gasteiger partial charge on any atom is 0.243 e. The summed E-state index contributed by atoms with van der Waals surface area (Å²) in [5.41, 5.74) is 2.69. The van der Waals surface area contributed by atoms with Crippen LogP contribution in [-0.2, 0) is 19.9 Å². The van der Waals surface area contributed by atoms with Crippen molar-refractivity contribution in [1.82, 2.24) is 9.21 Å². The molecule has 164 valence electrons. The number of rotatable bonds is 6. The van der Waals surface area contributed by atoms with E-state index < -0.39 is 19.9 Å². The number of hydrogen-bond acceptors (Lipinski definition) is 5. The maximum atomic E-state index is 12.9. The van der Waals surface area contributed by atoms with E-state index in [0.29, 0.717) is 48.9 Å². The van der Waals surface area contributed by atoms with Gasteiger partial charge in [0.05, 0.1) is 15.5 Å². The van der Waals surface area contributed by atoms with E-state index in [1.807, 2.05) is 37.8 Å². The number of sulfone groups is 1. The summed E-state index contributed by atoms with van der Waals surface area (Å²) in [6.07, 6.45) is 0.675. The lowest BCUT2D eigenvalue weighted by Crippen LogP contribution is -2.36. The number of hydrogen-bond donors (Lipinski definition) is 0. The van der Waals surface area contributed by atoms with Crippen molar-refractivity contribution in [3.63, 3.8) is 0 Å². The Morgan fingerprint density at radius 2 is 1.47 bits per heavy atom. The first-order valence-electron chi connectivity index (χ1n) is 10.2. The third kappa shape index (κ3) is 5.29. The molecule has 0 aliphatic carbocycles. The van der Waals surface area contributed by atoms with Crippen LogP contribution in [0.15, 0.2) is 52.3 Å². The predicted molar refractivity (Wildman–Crippen MR) is 119 cm³/mol. The molecular weight excluding hydrogens is 420 g/mol. The normalized spacial score (nSPS) is 17.0. The molecule has 0 N–H and O–H groups in total. The lowest BCUT2D eigenvalue weighted by atomic mass is 10.2. The first kappa shape index (κ1) is 22.9. The average Bonchev–Trinajstić information content (AvgIpc) is 2.95. The zero-order chi connectivity index (χ0) is 21.9. The molecule has 1 fully saturated rings. The van der Waals surface area contributed by atoms with E-state index in [4.69, 9.17) is 0 Å². The summed E-state index contributed by atoms with van der Waals surface area (Å²) >= 11 is 0. The van der Waals surface area contributed by atoms with Gasteiger partial charge in [0, 0.05) is 26.2 Å². The fraction of sp³-hybridized carbons (Fsp3) is 0.455. The molecule has 3 rings (SSSR count). The Morgan fingerprint density at radius 3 is 2.17 bits per heavy atom. The second kappa shape index (κ2) is 9.18. The zero-order valence-electron chi connectivity index (χ0n) is 17.8. The minimum atomic E-state index is -3.53. The SMILES string of the molecule is Cc1ccc(S(=O)(=O)N2CCCN(CCS(=O)(=O)c3cc(C)ccc3C)CC2)cc1. The van der Waals surface area contributed by atoms with Crippen molar-refractivity contribution in [1.29, 1.82) is 0 Å². The van der Waals surface area contributed by atoms with Crippen LogP contribution in [0.25, 0.3) is 0 Å². The summed E-state index contributed by atoms with van der Waals surface area (Å²) in [5, 5.41) is 0. The van der Waals surface area contributed by atoms with E-state index in [1.165, 1.54) is 4.31 Å². The van der Waals surface area contributed by atoms with Crippen molar-refractivity contribution in [3.8, 4) is 0 Å². The summed E-state index contributed by atoms with van der Waals surface area (Å²) in [5.74, 6) is 0.0298. The Hall–Kier alpha value is -1.74. The summed E-state index contributed by atoms with van der Waals surface area (Å²) < 4.78 is 53.1. The Morgan fingerprint density at radius 1 is 0.800 bits per heavy atom. The third-order valence-corrected chi connectivity index (χ3v) is 9.30. The molecule has 1 aliphatic heterocycles. The van der Waals surface area contributed by atoms with Crippen LogP contribution in [0, 0.1) is 20.8 Å². The highest BCUT2D eigenvalue weighted by atomic mass is 32.2. The number of aryl methyl sites for hydroxylation is 3. The number of benzene rings is 2. The molecule has 6 nitrogen and oxygen atoms in total. The molecular formula is C22H30N2O4S2. The topological polar surface area (TPSA) is 74.8 Å². The van der Waals surface area contributed by atoms with Gasteiger partial charge in [-0.25, -0.2) is 16.8 Å². The predicted octanol–water partition coefficient (Wildman–Crippen LogP) is 2.78. The molecule has 2 aromatic rings. The monoisotopic (exact) mass is 450 g/mol.